The minimum Gasteiger partial charge on any atom is -0.492 e. The first-order valence-electron chi connectivity index (χ1n) is 10.9. The first-order valence-corrected chi connectivity index (χ1v) is 10.9. The van der Waals surface area contributed by atoms with Gasteiger partial charge in [0.15, 0.2) is 23.4 Å². The van der Waals surface area contributed by atoms with Gasteiger partial charge in [0, 0.05) is 12.0 Å². The van der Waals surface area contributed by atoms with Gasteiger partial charge >= 0.3 is 0 Å². The van der Waals surface area contributed by atoms with Crippen LogP contribution in [0.4, 0.5) is 0 Å². The summed E-state index contributed by atoms with van der Waals surface area (Å²) < 4.78 is 15.1. The maximum Gasteiger partial charge on any atom is 0.239 e. The number of methoxy groups -OCH3 is 2. The number of benzene rings is 2. The fourth-order valence-electron chi connectivity index (χ4n) is 4.87. The molecule has 1 aliphatic carbocycles. The van der Waals surface area contributed by atoms with Crippen LogP contribution in [0.15, 0.2) is 60.8 Å². The van der Waals surface area contributed by atoms with Gasteiger partial charge in [-0.15, -0.1) is 4.68 Å². The van der Waals surface area contributed by atoms with E-state index in [-0.39, 0.29) is 11.4 Å². The number of amides is 1. The molecular weight excluding hydrogens is 404 g/mol. The summed E-state index contributed by atoms with van der Waals surface area (Å²) in [6, 6.07) is 15.9. The molecule has 32 heavy (non-hydrogen) atoms. The molecule has 2 heterocycles. The molecule has 0 unspecified atom stereocenters. The van der Waals surface area contributed by atoms with Crippen LogP contribution in [0.1, 0.15) is 36.9 Å². The SMILES string of the molecule is COc1cccc(OC)c1-[n+]1cc(C2=CCC[C@]23CCC(=O)N3)n(Cc2ccccc2)n1. The van der Waals surface area contributed by atoms with Crippen molar-refractivity contribution in [2.45, 2.75) is 37.8 Å². The average molecular weight is 432 g/mol. The van der Waals surface area contributed by atoms with Gasteiger partial charge < -0.3 is 14.8 Å². The molecule has 1 saturated heterocycles. The van der Waals surface area contributed by atoms with Crippen LogP contribution < -0.4 is 19.5 Å². The van der Waals surface area contributed by atoms with E-state index < -0.39 is 0 Å². The van der Waals surface area contributed by atoms with Gasteiger partial charge in [-0.2, -0.15) is 0 Å². The Kier molecular flexibility index (Phi) is 5.17. The second kappa shape index (κ2) is 8.15. The van der Waals surface area contributed by atoms with E-state index in [4.69, 9.17) is 14.7 Å². The van der Waals surface area contributed by atoms with E-state index in [1.807, 2.05) is 52.0 Å². The summed E-state index contributed by atoms with van der Waals surface area (Å²) in [5.41, 5.74) is 3.71. The van der Waals surface area contributed by atoms with E-state index in [0.29, 0.717) is 24.5 Å². The molecule has 2 aliphatic rings. The van der Waals surface area contributed by atoms with E-state index in [1.54, 1.807) is 14.2 Å². The largest absolute Gasteiger partial charge is 0.492 e. The quantitative estimate of drug-likeness (QED) is 0.609. The van der Waals surface area contributed by atoms with Gasteiger partial charge in [-0.05, 0) is 37.0 Å². The zero-order chi connectivity index (χ0) is 22.1. The summed E-state index contributed by atoms with van der Waals surface area (Å²) in [4.78, 5) is 12.2. The summed E-state index contributed by atoms with van der Waals surface area (Å²) in [6.45, 7) is 0.613. The number of rotatable bonds is 6. The standard InChI is InChI=1S/C25H26N4O3/c1-31-21-11-6-12-22(32-2)24(21)29-17-20(28(27-29)16-18-8-4-3-5-9-18)19-10-7-14-25(19)15-13-23(30)26-25/h3-6,8-12,17H,7,13-16H2,1-2H3/p+1/t25-/m0/s1. The Morgan fingerprint density at radius 1 is 1.06 bits per heavy atom. The van der Waals surface area contributed by atoms with Crippen LogP contribution in [0.25, 0.3) is 11.3 Å². The smallest absolute Gasteiger partial charge is 0.239 e. The van der Waals surface area contributed by atoms with Gasteiger partial charge in [0.05, 0.1) is 25.0 Å². The molecule has 1 amide bonds. The molecule has 7 nitrogen and oxygen atoms in total. The number of aromatic nitrogens is 3. The first-order chi connectivity index (χ1) is 15.6. The van der Waals surface area contributed by atoms with Crippen LogP contribution >= 0.6 is 0 Å². The highest BCUT2D eigenvalue weighted by molar-refractivity contribution is 5.87. The lowest BCUT2D eigenvalue weighted by Gasteiger charge is -2.25. The fourth-order valence-corrected chi connectivity index (χ4v) is 4.87. The van der Waals surface area contributed by atoms with Crippen LogP contribution in [0.3, 0.4) is 0 Å². The lowest BCUT2D eigenvalue weighted by Crippen LogP contribution is -2.41. The normalized spacial score (nSPS) is 19.8. The molecule has 1 spiro atoms. The van der Waals surface area contributed by atoms with Crippen molar-refractivity contribution in [2.75, 3.05) is 14.2 Å². The Hall–Kier alpha value is -3.61. The summed E-state index contributed by atoms with van der Waals surface area (Å²) in [5, 5.41) is 8.19. The number of allylic oxidation sites excluding steroid dienone is 1. The molecule has 5 rings (SSSR count). The molecule has 7 heteroatoms. The fraction of sp³-hybridized carbons (Fsp3) is 0.320. The summed E-state index contributed by atoms with van der Waals surface area (Å²) >= 11 is 0. The molecule has 1 atom stereocenters. The Morgan fingerprint density at radius 2 is 1.81 bits per heavy atom. The molecule has 0 saturated carbocycles. The topological polar surface area (TPSA) is 69.3 Å². The van der Waals surface area contributed by atoms with Crippen molar-refractivity contribution < 1.29 is 19.0 Å². The van der Waals surface area contributed by atoms with Crippen molar-refractivity contribution in [1.82, 2.24) is 15.2 Å². The average Bonchev–Trinajstić information content (AvgIpc) is 3.52. The predicted molar refractivity (Wildman–Crippen MR) is 120 cm³/mol. The summed E-state index contributed by atoms with van der Waals surface area (Å²) in [5.74, 6) is 1.47. The lowest BCUT2D eigenvalue weighted by atomic mass is 9.88. The third kappa shape index (κ3) is 3.43. The van der Waals surface area contributed by atoms with Crippen molar-refractivity contribution in [3.63, 3.8) is 0 Å². The Morgan fingerprint density at radius 3 is 2.47 bits per heavy atom. The number of nitrogens with zero attached hydrogens (tertiary/aromatic N) is 3. The predicted octanol–water partition coefficient (Wildman–Crippen LogP) is 3.05. The number of ether oxygens (including phenoxy) is 2. The second-order valence-electron chi connectivity index (χ2n) is 8.29. The molecule has 1 N–H and O–H groups in total. The van der Waals surface area contributed by atoms with Crippen LogP contribution in [0.5, 0.6) is 11.5 Å². The number of hydrogen-bond acceptors (Lipinski definition) is 4. The number of carbonyl (C=O) groups excluding carboxylic acids is 1. The first kappa shape index (κ1) is 20.3. The molecule has 164 valence electrons. The van der Waals surface area contributed by atoms with Gasteiger partial charge in [0.2, 0.25) is 11.6 Å². The number of carbonyl (C=O) groups is 1. The van der Waals surface area contributed by atoms with Gasteiger partial charge in [0.1, 0.15) is 6.54 Å². The number of nitrogens with one attached hydrogen (secondary N) is 1. The lowest BCUT2D eigenvalue weighted by molar-refractivity contribution is -0.662. The van der Waals surface area contributed by atoms with E-state index in [0.717, 1.165) is 41.8 Å². The second-order valence-corrected chi connectivity index (χ2v) is 8.29. The van der Waals surface area contributed by atoms with Gasteiger partial charge in [0.25, 0.3) is 0 Å². The zero-order valence-corrected chi connectivity index (χ0v) is 18.4. The summed E-state index contributed by atoms with van der Waals surface area (Å²) in [7, 11) is 3.28. The van der Waals surface area contributed by atoms with Crippen LogP contribution in [0, 0.1) is 0 Å². The third-order valence-electron chi connectivity index (χ3n) is 6.40. The minimum atomic E-state index is -0.311. The highest BCUT2D eigenvalue weighted by Gasteiger charge is 2.46. The third-order valence-corrected chi connectivity index (χ3v) is 6.40. The van der Waals surface area contributed by atoms with Crippen molar-refractivity contribution >= 4 is 11.5 Å². The van der Waals surface area contributed by atoms with E-state index in [1.165, 1.54) is 0 Å². The Bertz CT molecular complexity index is 1160. The number of para-hydroxylation sites is 1. The van der Waals surface area contributed by atoms with Crippen molar-refractivity contribution in [2.24, 2.45) is 0 Å². The van der Waals surface area contributed by atoms with E-state index in [9.17, 15) is 4.79 Å². The van der Waals surface area contributed by atoms with E-state index >= 15 is 0 Å². The summed E-state index contributed by atoms with van der Waals surface area (Å²) in [6.07, 6.45) is 7.49. The highest BCUT2D eigenvalue weighted by Crippen LogP contribution is 2.43. The molecule has 1 aromatic heterocycles. The zero-order valence-electron chi connectivity index (χ0n) is 18.4. The van der Waals surface area contributed by atoms with Gasteiger partial charge in [-0.3, -0.25) is 4.79 Å². The molecule has 2 aromatic carbocycles. The Labute approximate surface area is 187 Å². The van der Waals surface area contributed by atoms with Crippen molar-refractivity contribution in [3.8, 4) is 17.2 Å². The molecule has 1 aliphatic heterocycles. The molecular formula is C25H27N4O3+. The maximum absolute atomic E-state index is 12.2. The van der Waals surface area contributed by atoms with Crippen LogP contribution in [-0.4, -0.2) is 35.6 Å². The van der Waals surface area contributed by atoms with Gasteiger partial charge in [-0.25, -0.2) is 0 Å². The molecule has 1 fully saturated rings. The van der Waals surface area contributed by atoms with Gasteiger partial charge in [-0.1, -0.05) is 47.2 Å². The molecule has 0 bridgehead atoms. The van der Waals surface area contributed by atoms with Crippen LogP contribution in [-0.2, 0) is 11.3 Å². The molecule has 3 aromatic rings. The highest BCUT2D eigenvalue weighted by atomic mass is 16.5. The van der Waals surface area contributed by atoms with Crippen molar-refractivity contribution in [1.29, 1.82) is 0 Å². The van der Waals surface area contributed by atoms with Crippen molar-refractivity contribution in [3.05, 3.63) is 72.1 Å². The Balaban J connectivity index is 1.65. The number of hydrogen-bond donors (Lipinski definition) is 1. The minimum absolute atomic E-state index is 0.117. The maximum atomic E-state index is 12.2. The monoisotopic (exact) mass is 431 g/mol. The van der Waals surface area contributed by atoms with Crippen LogP contribution in [0.2, 0.25) is 0 Å². The molecule has 0 radical (unpaired) electrons. The van der Waals surface area contributed by atoms with E-state index in [2.05, 4.69) is 23.5 Å².